The lowest BCUT2D eigenvalue weighted by molar-refractivity contribution is -0.139. The molecule has 0 radical (unpaired) electrons. The fourth-order valence-electron chi connectivity index (χ4n) is 5.24. The van der Waals surface area contributed by atoms with E-state index in [4.69, 9.17) is 4.74 Å². The van der Waals surface area contributed by atoms with Gasteiger partial charge in [0.05, 0.1) is 12.6 Å². The molecule has 2 amide bonds. The van der Waals surface area contributed by atoms with Crippen LogP contribution >= 0.6 is 0 Å². The van der Waals surface area contributed by atoms with E-state index in [-0.39, 0.29) is 24.5 Å². The Morgan fingerprint density at radius 1 is 0.971 bits per heavy atom. The molecule has 0 bridgehead atoms. The maximum atomic E-state index is 13.3. The standard InChI is InChI=1S/C28H37N3O3/c1-22-8-7-11-24(18-22)19-29-28(33)27(25-12-5-6-13-25)31-16-14-30(15-17-31)26(32)21-34-20-23-9-3-2-4-10-23/h2-4,7-11,18,25,27H,5-6,12-17,19-21H2,1H3,(H,29,33)/t27-/m0/s1. The molecular weight excluding hydrogens is 426 g/mol. The molecule has 1 atom stereocenters. The molecule has 34 heavy (non-hydrogen) atoms. The molecule has 2 fully saturated rings. The summed E-state index contributed by atoms with van der Waals surface area (Å²) >= 11 is 0. The van der Waals surface area contributed by atoms with E-state index in [1.165, 1.54) is 18.4 Å². The SMILES string of the molecule is Cc1cccc(CNC(=O)[C@H](C2CCCC2)N2CCN(C(=O)COCc3ccccc3)CC2)c1. The number of ether oxygens (including phenoxy) is 1. The summed E-state index contributed by atoms with van der Waals surface area (Å²) in [5.74, 6) is 0.547. The number of carbonyl (C=O) groups is 2. The summed E-state index contributed by atoms with van der Waals surface area (Å²) in [4.78, 5) is 30.1. The summed E-state index contributed by atoms with van der Waals surface area (Å²) in [6, 6.07) is 18.1. The van der Waals surface area contributed by atoms with E-state index in [0.29, 0.717) is 32.2 Å². The van der Waals surface area contributed by atoms with Crippen molar-refractivity contribution in [2.75, 3.05) is 32.8 Å². The lowest BCUT2D eigenvalue weighted by Crippen LogP contribution is -2.58. The van der Waals surface area contributed by atoms with Gasteiger partial charge in [0.25, 0.3) is 0 Å². The molecule has 1 heterocycles. The minimum Gasteiger partial charge on any atom is -0.367 e. The van der Waals surface area contributed by atoms with Crippen molar-refractivity contribution in [3.8, 4) is 0 Å². The molecule has 2 aliphatic rings. The van der Waals surface area contributed by atoms with Gasteiger partial charge in [-0.05, 0) is 36.8 Å². The Bertz CT molecular complexity index is 935. The largest absolute Gasteiger partial charge is 0.367 e. The number of hydrogen-bond acceptors (Lipinski definition) is 4. The van der Waals surface area contributed by atoms with Crippen LogP contribution in [-0.2, 0) is 27.5 Å². The predicted octanol–water partition coefficient (Wildman–Crippen LogP) is 3.53. The van der Waals surface area contributed by atoms with Crippen LogP contribution in [0.4, 0.5) is 0 Å². The molecule has 0 spiro atoms. The van der Waals surface area contributed by atoms with Gasteiger partial charge >= 0.3 is 0 Å². The number of aryl methyl sites for hydroxylation is 1. The smallest absolute Gasteiger partial charge is 0.248 e. The molecular formula is C28H37N3O3. The predicted molar refractivity (Wildman–Crippen MR) is 133 cm³/mol. The molecule has 1 aliphatic heterocycles. The van der Waals surface area contributed by atoms with Crippen LogP contribution in [0.25, 0.3) is 0 Å². The molecule has 2 aromatic carbocycles. The second kappa shape index (κ2) is 12.1. The highest BCUT2D eigenvalue weighted by Gasteiger charge is 2.37. The minimum absolute atomic E-state index is 0.0249. The summed E-state index contributed by atoms with van der Waals surface area (Å²) in [5, 5.41) is 3.20. The Balaban J connectivity index is 1.28. The molecule has 1 saturated heterocycles. The van der Waals surface area contributed by atoms with Crippen LogP contribution in [0.3, 0.4) is 0 Å². The van der Waals surface area contributed by atoms with Gasteiger partial charge in [-0.25, -0.2) is 0 Å². The van der Waals surface area contributed by atoms with Gasteiger partial charge in [-0.3, -0.25) is 14.5 Å². The zero-order valence-corrected chi connectivity index (χ0v) is 20.2. The summed E-state index contributed by atoms with van der Waals surface area (Å²) < 4.78 is 5.64. The molecule has 1 N–H and O–H groups in total. The van der Waals surface area contributed by atoms with E-state index >= 15 is 0 Å². The molecule has 182 valence electrons. The van der Waals surface area contributed by atoms with Gasteiger partial charge in [-0.2, -0.15) is 0 Å². The third-order valence-electron chi connectivity index (χ3n) is 7.06. The highest BCUT2D eigenvalue weighted by molar-refractivity contribution is 5.82. The Morgan fingerprint density at radius 3 is 2.38 bits per heavy atom. The van der Waals surface area contributed by atoms with Crippen molar-refractivity contribution in [3.63, 3.8) is 0 Å². The van der Waals surface area contributed by atoms with Crippen molar-refractivity contribution in [2.24, 2.45) is 5.92 Å². The number of nitrogens with zero attached hydrogens (tertiary/aromatic N) is 2. The topological polar surface area (TPSA) is 61.9 Å². The first kappa shape index (κ1) is 24.4. The fourth-order valence-corrected chi connectivity index (χ4v) is 5.24. The van der Waals surface area contributed by atoms with Crippen LogP contribution in [0.2, 0.25) is 0 Å². The molecule has 2 aromatic rings. The van der Waals surface area contributed by atoms with Crippen molar-refractivity contribution in [1.82, 2.24) is 15.1 Å². The van der Waals surface area contributed by atoms with Crippen molar-refractivity contribution >= 4 is 11.8 Å². The van der Waals surface area contributed by atoms with Gasteiger partial charge in [0.1, 0.15) is 6.61 Å². The van der Waals surface area contributed by atoms with Gasteiger partial charge in [-0.1, -0.05) is 73.0 Å². The number of hydrogen-bond donors (Lipinski definition) is 1. The quantitative estimate of drug-likeness (QED) is 0.618. The third-order valence-corrected chi connectivity index (χ3v) is 7.06. The zero-order valence-electron chi connectivity index (χ0n) is 20.2. The van der Waals surface area contributed by atoms with Crippen molar-refractivity contribution in [3.05, 3.63) is 71.3 Å². The molecule has 0 unspecified atom stereocenters. The Kier molecular flexibility index (Phi) is 8.72. The first-order valence-electron chi connectivity index (χ1n) is 12.6. The minimum atomic E-state index is -0.112. The van der Waals surface area contributed by atoms with Crippen molar-refractivity contribution in [2.45, 2.75) is 51.8 Å². The molecule has 1 saturated carbocycles. The molecule has 6 heteroatoms. The van der Waals surface area contributed by atoms with E-state index in [9.17, 15) is 9.59 Å². The number of carbonyl (C=O) groups excluding carboxylic acids is 2. The second-order valence-corrected chi connectivity index (χ2v) is 9.59. The first-order valence-corrected chi connectivity index (χ1v) is 12.6. The van der Waals surface area contributed by atoms with Gasteiger partial charge < -0.3 is 15.0 Å². The Morgan fingerprint density at radius 2 is 1.68 bits per heavy atom. The highest BCUT2D eigenvalue weighted by Crippen LogP contribution is 2.31. The average Bonchev–Trinajstić information content (AvgIpc) is 3.38. The van der Waals surface area contributed by atoms with Gasteiger partial charge in [-0.15, -0.1) is 0 Å². The van der Waals surface area contributed by atoms with Crippen LogP contribution in [-0.4, -0.2) is 60.4 Å². The second-order valence-electron chi connectivity index (χ2n) is 9.59. The number of nitrogens with one attached hydrogen (secondary N) is 1. The van der Waals surface area contributed by atoms with Crippen LogP contribution in [0.1, 0.15) is 42.4 Å². The summed E-state index contributed by atoms with van der Waals surface area (Å²) in [6.45, 7) is 5.90. The Hall–Kier alpha value is -2.70. The summed E-state index contributed by atoms with van der Waals surface area (Å²) in [6.07, 6.45) is 4.61. The van der Waals surface area contributed by atoms with E-state index in [0.717, 1.165) is 37.1 Å². The normalized spacial score (nSPS) is 18.1. The van der Waals surface area contributed by atoms with E-state index < -0.39 is 0 Å². The summed E-state index contributed by atoms with van der Waals surface area (Å²) in [5.41, 5.74) is 3.40. The Labute approximate surface area is 203 Å². The van der Waals surface area contributed by atoms with Gasteiger partial charge in [0.2, 0.25) is 11.8 Å². The number of piperazine rings is 1. The van der Waals surface area contributed by atoms with Crippen LogP contribution in [0.5, 0.6) is 0 Å². The first-order chi connectivity index (χ1) is 16.6. The zero-order chi connectivity index (χ0) is 23.8. The fraction of sp³-hybridized carbons (Fsp3) is 0.500. The maximum Gasteiger partial charge on any atom is 0.248 e. The average molecular weight is 464 g/mol. The third kappa shape index (κ3) is 6.67. The molecule has 6 nitrogen and oxygen atoms in total. The van der Waals surface area contributed by atoms with Crippen LogP contribution in [0, 0.1) is 12.8 Å². The van der Waals surface area contributed by atoms with E-state index in [1.54, 1.807) is 0 Å². The maximum absolute atomic E-state index is 13.3. The van der Waals surface area contributed by atoms with E-state index in [2.05, 4.69) is 35.3 Å². The van der Waals surface area contributed by atoms with E-state index in [1.807, 2.05) is 41.3 Å². The van der Waals surface area contributed by atoms with Gasteiger partial charge in [0, 0.05) is 32.7 Å². The number of amides is 2. The lowest BCUT2D eigenvalue weighted by atomic mass is 9.95. The van der Waals surface area contributed by atoms with Crippen molar-refractivity contribution < 1.29 is 14.3 Å². The molecule has 1 aliphatic carbocycles. The number of rotatable bonds is 9. The molecule has 4 rings (SSSR count). The lowest BCUT2D eigenvalue weighted by Gasteiger charge is -2.40. The van der Waals surface area contributed by atoms with Crippen LogP contribution < -0.4 is 5.32 Å². The van der Waals surface area contributed by atoms with Gasteiger partial charge in [0.15, 0.2) is 0 Å². The molecule has 0 aromatic heterocycles. The number of benzene rings is 2. The van der Waals surface area contributed by atoms with Crippen LogP contribution in [0.15, 0.2) is 54.6 Å². The van der Waals surface area contributed by atoms with Crippen molar-refractivity contribution in [1.29, 1.82) is 0 Å². The monoisotopic (exact) mass is 463 g/mol. The summed E-state index contributed by atoms with van der Waals surface area (Å²) in [7, 11) is 0. The highest BCUT2D eigenvalue weighted by atomic mass is 16.5.